The van der Waals surface area contributed by atoms with Gasteiger partial charge in [-0.3, -0.25) is 4.79 Å². The molecule has 0 unspecified atom stereocenters. The summed E-state index contributed by atoms with van der Waals surface area (Å²) in [4.78, 5) is 14.8. The lowest BCUT2D eigenvalue weighted by molar-refractivity contribution is -0.135. The monoisotopic (exact) mass is 454 g/mol. The first-order chi connectivity index (χ1) is 13.7. The van der Waals surface area contributed by atoms with Crippen LogP contribution in [0.1, 0.15) is 24.0 Å². The summed E-state index contributed by atoms with van der Waals surface area (Å²) in [7, 11) is -1.77. The summed E-state index contributed by atoms with van der Waals surface area (Å²) in [6.45, 7) is 3.03. The predicted octanol–water partition coefficient (Wildman–Crippen LogP) is 4.36. The molecule has 0 aromatic heterocycles. The highest BCUT2D eigenvalue weighted by molar-refractivity contribution is 7.89. The fraction of sp³-hybridized carbons (Fsp3) is 0.381. The molecule has 0 N–H and O–H groups in total. The second kappa shape index (κ2) is 9.04. The van der Waals surface area contributed by atoms with E-state index in [0.29, 0.717) is 47.4 Å². The molecular formula is C21H24Cl2N2O3S. The fourth-order valence-corrected chi connectivity index (χ4v) is 5.29. The average Bonchev–Trinajstić information content (AvgIpc) is 2.70. The van der Waals surface area contributed by atoms with Gasteiger partial charge in [0.15, 0.2) is 0 Å². The molecule has 8 heteroatoms. The number of hydrogen-bond acceptors (Lipinski definition) is 3. The lowest BCUT2D eigenvalue weighted by atomic mass is 9.96. The summed E-state index contributed by atoms with van der Waals surface area (Å²) >= 11 is 12.0. The van der Waals surface area contributed by atoms with Crippen LogP contribution in [0.25, 0.3) is 0 Å². The van der Waals surface area contributed by atoms with Gasteiger partial charge in [0.25, 0.3) is 0 Å². The fourth-order valence-electron chi connectivity index (χ4n) is 3.50. The lowest BCUT2D eigenvalue weighted by Gasteiger charge is -2.32. The summed E-state index contributed by atoms with van der Waals surface area (Å²) < 4.78 is 27.1. The number of halogens is 2. The van der Waals surface area contributed by atoms with Gasteiger partial charge < -0.3 is 4.90 Å². The molecule has 2 aromatic carbocycles. The Morgan fingerprint density at radius 1 is 1.07 bits per heavy atom. The topological polar surface area (TPSA) is 57.7 Å². The van der Waals surface area contributed by atoms with Crippen molar-refractivity contribution in [2.75, 3.05) is 20.1 Å². The Hall–Kier alpha value is -1.60. The van der Waals surface area contributed by atoms with E-state index in [1.165, 1.54) is 4.31 Å². The van der Waals surface area contributed by atoms with Crippen molar-refractivity contribution in [2.45, 2.75) is 31.2 Å². The Morgan fingerprint density at radius 2 is 1.69 bits per heavy atom. The number of piperidine rings is 1. The molecule has 0 bridgehead atoms. The zero-order chi connectivity index (χ0) is 21.2. The van der Waals surface area contributed by atoms with Crippen molar-refractivity contribution in [2.24, 2.45) is 5.92 Å². The molecule has 1 amide bonds. The first-order valence-electron chi connectivity index (χ1n) is 9.44. The predicted molar refractivity (Wildman–Crippen MR) is 116 cm³/mol. The first-order valence-corrected chi connectivity index (χ1v) is 11.6. The molecule has 1 aliphatic heterocycles. The van der Waals surface area contributed by atoms with Crippen molar-refractivity contribution in [1.82, 2.24) is 9.21 Å². The van der Waals surface area contributed by atoms with Crippen molar-refractivity contribution < 1.29 is 13.2 Å². The summed E-state index contributed by atoms with van der Waals surface area (Å²) in [5.74, 6) is -0.171. The van der Waals surface area contributed by atoms with Crippen LogP contribution in [0.5, 0.6) is 0 Å². The number of rotatable bonds is 5. The second-order valence-corrected chi connectivity index (χ2v) is 10.2. The van der Waals surface area contributed by atoms with E-state index in [-0.39, 0.29) is 11.8 Å². The molecule has 29 heavy (non-hydrogen) atoms. The van der Waals surface area contributed by atoms with E-state index in [0.717, 1.165) is 11.1 Å². The maximum absolute atomic E-state index is 12.8. The van der Waals surface area contributed by atoms with Gasteiger partial charge in [0.1, 0.15) is 0 Å². The van der Waals surface area contributed by atoms with Crippen LogP contribution in [0.2, 0.25) is 10.0 Å². The van der Waals surface area contributed by atoms with Crippen LogP contribution in [0, 0.1) is 12.8 Å². The molecule has 0 radical (unpaired) electrons. The maximum Gasteiger partial charge on any atom is 0.243 e. The molecule has 0 saturated carbocycles. The normalized spacial score (nSPS) is 16.0. The van der Waals surface area contributed by atoms with Gasteiger partial charge in [-0.05, 0) is 49.6 Å². The Labute approximate surface area is 182 Å². The average molecular weight is 455 g/mol. The van der Waals surface area contributed by atoms with E-state index in [1.807, 2.05) is 13.0 Å². The molecule has 0 aliphatic carbocycles. The van der Waals surface area contributed by atoms with Crippen molar-refractivity contribution in [3.8, 4) is 0 Å². The zero-order valence-corrected chi connectivity index (χ0v) is 18.8. The highest BCUT2D eigenvalue weighted by Crippen LogP contribution is 2.27. The van der Waals surface area contributed by atoms with E-state index in [4.69, 9.17) is 23.2 Å². The van der Waals surface area contributed by atoms with Crippen molar-refractivity contribution >= 4 is 39.1 Å². The van der Waals surface area contributed by atoms with E-state index in [9.17, 15) is 13.2 Å². The standard InChI is InChI=1S/C21H24Cl2N2O3S/c1-15-3-6-18(7-4-15)29(27,28)25-11-9-17(10-12-25)21(26)24(2)14-16-5-8-19(22)20(23)13-16/h3-8,13,17H,9-12,14H2,1-2H3. The number of sulfonamides is 1. The summed E-state index contributed by atoms with van der Waals surface area (Å²) in [5, 5.41) is 0.936. The number of carbonyl (C=O) groups is 1. The molecular weight excluding hydrogens is 431 g/mol. The molecule has 2 aromatic rings. The quantitative estimate of drug-likeness (QED) is 0.673. The van der Waals surface area contributed by atoms with Crippen LogP contribution >= 0.6 is 23.2 Å². The van der Waals surface area contributed by atoms with E-state index >= 15 is 0 Å². The minimum Gasteiger partial charge on any atom is -0.341 e. The smallest absolute Gasteiger partial charge is 0.243 e. The largest absolute Gasteiger partial charge is 0.341 e. The number of benzene rings is 2. The van der Waals surface area contributed by atoms with Crippen molar-refractivity contribution in [3.63, 3.8) is 0 Å². The number of amides is 1. The van der Waals surface area contributed by atoms with Gasteiger partial charge in [-0.25, -0.2) is 8.42 Å². The molecule has 1 aliphatic rings. The SMILES string of the molecule is Cc1ccc(S(=O)(=O)N2CCC(C(=O)N(C)Cc3ccc(Cl)c(Cl)c3)CC2)cc1. The summed E-state index contributed by atoms with van der Waals surface area (Å²) in [5.41, 5.74) is 1.91. The first kappa shape index (κ1) is 22.1. The van der Waals surface area contributed by atoms with Gasteiger partial charge in [-0.15, -0.1) is 0 Å². The third-order valence-electron chi connectivity index (χ3n) is 5.24. The number of nitrogens with zero attached hydrogens (tertiary/aromatic N) is 2. The van der Waals surface area contributed by atoms with Gasteiger partial charge in [-0.1, -0.05) is 47.0 Å². The summed E-state index contributed by atoms with van der Waals surface area (Å²) in [6.07, 6.45) is 1.02. The Bertz CT molecular complexity index is 985. The van der Waals surface area contributed by atoms with E-state index in [1.54, 1.807) is 48.3 Å². The Balaban J connectivity index is 1.60. The molecule has 1 saturated heterocycles. The van der Waals surface area contributed by atoms with Crippen LogP contribution in [0.15, 0.2) is 47.4 Å². The molecule has 0 spiro atoms. The minimum atomic E-state index is -3.52. The third kappa shape index (κ3) is 5.12. The van der Waals surface area contributed by atoms with Crippen molar-refractivity contribution in [1.29, 1.82) is 0 Å². The third-order valence-corrected chi connectivity index (χ3v) is 7.89. The van der Waals surface area contributed by atoms with Gasteiger partial charge in [0.05, 0.1) is 14.9 Å². The van der Waals surface area contributed by atoms with E-state index < -0.39 is 10.0 Å². The Morgan fingerprint density at radius 3 is 2.28 bits per heavy atom. The lowest BCUT2D eigenvalue weighted by Crippen LogP contribution is -2.43. The molecule has 1 heterocycles. The molecule has 3 rings (SSSR count). The molecule has 156 valence electrons. The van der Waals surface area contributed by atoms with E-state index in [2.05, 4.69) is 0 Å². The number of aryl methyl sites for hydroxylation is 1. The molecule has 0 atom stereocenters. The van der Waals surface area contributed by atoms with Crippen LogP contribution in [-0.4, -0.2) is 43.7 Å². The minimum absolute atomic E-state index is 0.0171. The molecule has 1 fully saturated rings. The number of hydrogen-bond donors (Lipinski definition) is 0. The van der Waals surface area contributed by atoms with Gasteiger partial charge in [0, 0.05) is 32.6 Å². The highest BCUT2D eigenvalue weighted by Gasteiger charge is 2.33. The second-order valence-electron chi connectivity index (χ2n) is 7.43. The highest BCUT2D eigenvalue weighted by atomic mass is 35.5. The maximum atomic E-state index is 12.8. The van der Waals surface area contributed by atoms with Crippen LogP contribution < -0.4 is 0 Å². The van der Waals surface area contributed by atoms with Gasteiger partial charge in [-0.2, -0.15) is 4.31 Å². The van der Waals surface area contributed by atoms with Gasteiger partial charge in [0.2, 0.25) is 15.9 Å². The number of carbonyl (C=O) groups excluding carboxylic acids is 1. The van der Waals surface area contributed by atoms with Crippen LogP contribution in [0.3, 0.4) is 0 Å². The Kier molecular flexibility index (Phi) is 6.89. The molecule has 5 nitrogen and oxygen atoms in total. The van der Waals surface area contributed by atoms with Gasteiger partial charge >= 0.3 is 0 Å². The summed E-state index contributed by atoms with van der Waals surface area (Å²) in [6, 6.07) is 12.2. The van der Waals surface area contributed by atoms with Crippen molar-refractivity contribution in [3.05, 3.63) is 63.6 Å². The zero-order valence-electron chi connectivity index (χ0n) is 16.4. The van der Waals surface area contributed by atoms with Crippen LogP contribution in [0.4, 0.5) is 0 Å². The van der Waals surface area contributed by atoms with Crippen LogP contribution in [-0.2, 0) is 21.4 Å².